The van der Waals surface area contributed by atoms with Crippen LogP contribution < -0.4 is 0 Å². The summed E-state index contributed by atoms with van der Waals surface area (Å²) in [5.41, 5.74) is 0. The molecule has 0 aromatic carbocycles. The number of esters is 2. The zero-order valence-electron chi connectivity index (χ0n) is 20.5. The predicted molar refractivity (Wildman–Crippen MR) is 125 cm³/mol. The Bertz CT molecular complexity index is 366. The Kier molecular flexibility index (Phi) is 20.4. The van der Waals surface area contributed by atoms with Gasteiger partial charge in [-0.05, 0) is 37.5 Å². The maximum Gasteiger partial charge on any atom is 0.305 e. The summed E-state index contributed by atoms with van der Waals surface area (Å²) in [7, 11) is 0. The van der Waals surface area contributed by atoms with Crippen molar-refractivity contribution >= 4 is 11.9 Å². The lowest BCUT2D eigenvalue weighted by atomic mass is 10.1. The van der Waals surface area contributed by atoms with Gasteiger partial charge in [-0.1, -0.05) is 91.9 Å². The highest BCUT2D eigenvalue weighted by molar-refractivity contribution is 5.69. The molecule has 0 saturated carbocycles. The van der Waals surface area contributed by atoms with Crippen LogP contribution >= 0.6 is 0 Å². The van der Waals surface area contributed by atoms with Crippen LogP contribution in [0.4, 0.5) is 0 Å². The molecule has 0 atom stereocenters. The quantitative estimate of drug-likeness (QED) is 0.140. The fourth-order valence-corrected chi connectivity index (χ4v) is 3.42. The van der Waals surface area contributed by atoms with Gasteiger partial charge >= 0.3 is 11.9 Å². The van der Waals surface area contributed by atoms with Gasteiger partial charge in [-0.2, -0.15) is 0 Å². The molecule has 4 nitrogen and oxygen atoms in total. The van der Waals surface area contributed by atoms with Crippen molar-refractivity contribution in [1.29, 1.82) is 0 Å². The molecule has 0 spiro atoms. The van der Waals surface area contributed by atoms with Gasteiger partial charge in [-0.3, -0.25) is 9.59 Å². The van der Waals surface area contributed by atoms with Crippen LogP contribution in [-0.4, -0.2) is 25.2 Å². The van der Waals surface area contributed by atoms with Gasteiger partial charge in [-0.25, -0.2) is 0 Å². The van der Waals surface area contributed by atoms with E-state index in [1.165, 1.54) is 25.7 Å². The van der Waals surface area contributed by atoms with E-state index in [1.807, 2.05) is 0 Å². The highest BCUT2D eigenvalue weighted by Gasteiger charge is 2.04. The smallest absolute Gasteiger partial charge is 0.305 e. The number of carbonyl (C=O) groups excluding carboxylic acids is 2. The summed E-state index contributed by atoms with van der Waals surface area (Å²) in [6.07, 6.45) is 16.5. The summed E-state index contributed by atoms with van der Waals surface area (Å²) < 4.78 is 10.6. The Hall–Kier alpha value is -1.06. The van der Waals surface area contributed by atoms with E-state index in [1.54, 1.807) is 0 Å². The molecule has 0 unspecified atom stereocenters. The Balaban J connectivity index is 3.29. The van der Waals surface area contributed by atoms with Crippen molar-refractivity contribution in [1.82, 2.24) is 0 Å². The molecule has 0 radical (unpaired) electrons. The monoisotopic (exact) mass is 426 g/mol. The van der Waals surface area contributed by atoms with E-state index in [-0.39, 0.29) is 11.9 Å². The third-order valence-electron chi connectivity index (χ3n) is 5.39. The van der Waals surface area contributed by atoms with Crippen LogP contribution in [0.5, 0.6) is 0 Å². The zero-order valence-corrected chi connectivity index (χ0v) is 20.5. The van der Waals surface area contributed by atoms with Crippen LogP contribution in [0.1, 0.15) is 130 Å². The standard InChI is InChI=1S/C26H50O4/c1-23(2)17-11-9-15-21-29-25(27)19-13-7-5-6-8-14-20-26(28)30-22-16-10-12-18-24(3)4/h23-24H,5-22H2,1-4H3. The van der Waals surface area contributed by atoms with Crippen molar-refractivity contribution < 1.29 is 19.1 Å². The van der Waals surface area contributed by atoms with Crippen LogP contribution in [-0.2, 0) is 19.1 Å². The van der Waals surface area contributed by atoms with Crippen LogP contribution in [0.2, 0.25) is 0 Å². The number of hydrogen-bond donors (Lipinski definition) is 0. The van der Waals surface area contributed by atoms with E-state index in [0.29, 0.717) is 26.1 Å². The average Bonchev–Trinajstić information content (AvgIpc) is 2.68. The first kappa shape index (κ1) is 28.9. The topological polar surface area (TPSA) is 52.6 Å². The molecule has 0 aromatic rings. The number of hydrogen-bond acceptors (Lipinski definition) is 4. The molecule has 0 heterocycles. The summed E-state index contributed by atoms with van der Waals surface area (Å²) in [5.74, 6) is 1.42. The number of ether oxygens (including phenoxy) is 2. The van der Waals surface area contributed by atoms with E-state index in [9.17, 15) is 9.59 Å². The second-order valence-electron chi connectivity index (χ2n) is 9.55. The molecular weight excluding hydrogens is 376 g/mol. The first-order valence-electron chi connectivity index (χ1n) is 12.7. The Labute approximate surface area is 186 Å². The van der Waals surface area contributed by atoms with Gasteiger partial charge in [0.25, 0.3) is 0 Å². The molecule has 0 rings (SSSR count). The van der Waals surface area contributed by atoms with Crippen LogP contribution in [0.25, 0.3) is 0 Å². The molecule has 0 saturated heterocycles. The molecule has 0 aliphatic carbocycles. The maximum atomic E-state index is 11.7. The molecule has 178 valence electrons. The summed E-state index contributed by atoms with van der Waals surface area (Å²) in [6.45, 7) is 10.1. The van der Waals surface area contributed by atoms with Crippen molar-refractivity contribution in [2.45, 2.75) is 130 Å². The van der Waals surface area contributed by atoms with E-state index in [0.717, 1.165) is 76.0 Å². The number of unbranched alkanes of at least 4 members (excludes halogenated alkanes) is 9. The van der Waals surface area contributed by atoms with Crippen LogP contribution in [0, 0.1) is 11.8 Å². The lowest BCUT2D eigenvalue weighted by molar-refractivity contribution is -0.144. The zero-order chi connectivity index (χ0) is 22.5. The van der Waals surface area contributed by atoms with Gasteiger partial charge in [0, 0.05) is 12.8 Å². The number of rotatable bonds is 21. The summed E-state index contributed by atoms with van der Waals surface area (Å²) in [4.78, 5) is 23.4. The minimum Gasteiger partial charge on any atom is -0.466 e. The van der Waals surface area contributed by atoms with E-state index in [4.69, 9.17) is 9.47 Å². The van der Waals surface area contributed by atoms with Gasteiger partial charge in [-0.15, -0.1) is 0 Å². The molecule has 0 N–H and O–H groups in total. The van der Waals surface area contributed by atoms with Crippen molar-refractivity contribution in [3.63, 3.8) is 0 Å². The van der Waals surface area contributed by atoms with Gasteiger partial charge in [0.1, 0.15) is 0 Å². The second kappa shape index (κ2) is 21.2. The molecular formula is C26H50O4. The lowest BCUT2D eigenvalue weighted by Crippen LogP contribution is -2.06. The minimum absolute atomic E-state index is 0.0502. The van der Waals surface area contributed by atoms with E-state index < -0.39 is 0 Å². The first-order chi connectivity index (χ1) is 14.4. The molecule has 30 heavy (non-hydrogen) atoms. The molecule has 0 aromatic heterocycles. The molecule has 0 fully saturated rings. The third-order valence-corrected chi connectivity index (χ3v) is 5.39. The van der Waals surface area contributed by atoms with Crippen molar-refractivity contribution in [2.75, 3.05) is 13.2 Å². The van der Waals surface area contributed by atoms with Gasteiger partial charge < -0.3 is 9.47 Å². The Morgan fingerprint density at radius 2 is 0.833 bits per heavy atom. The molecule has 0 bridgehead atoms. The fraction of sp³-hybridized carbons (Fsp3) is 0.923. The van der Waals surface area contributed by atoms with Gasteiger partial charge in [0.15, 0.2) is 0 Å². The van der Waals surface area contributed by atoms with E-state index >= 15 is 0 Å². The molecule has 0 aliphatic rings. The molecule has 0 aliphatic heterocycles. The van der Waals surface area contributed by atoms with Crippen molar-refractivity contribution in [3.05, 3.63) is 0 Å². The summed E-state index contributed by atoms with van der Waals surface area (Å²) in [5, 5.41) is 0. The normalized spacial score (nSPS) is 11.3. The van der Waals surface area contributed by atoms with E-state index in [2.05, 4.69) is 27.7 Å². The maximum absolute atomic E-state index is 11.7. The summed E-state index contributed by atoms with van der Waals surface area (Å²) >= 11 is 0. The van der Waals surface area contributed by atoms with Gasteiger partial charge in [0.2, 0.25) is 0 Å². The molecule has 0 amide bonds. The average molecular weight is 427 g/mol. The highest BCUT2D eigenvalue weighted by Crippen LogP contribution is 2.11. The van der Waals surface area contributed by atoms with Crippen LogP contribution in [0.3, 0.4) is 0 Å². The van der Waals surface area contributed by atoms with Crippen LogP contribution in [0.15, 0.2) is 0 Å². The summed E-state index contributed by atoms with van der Waals surface area (Å²) in [6, 6.07) is 0. The van der Waals surface area contributed by atoms with Crippen molar-refractivity contribution in [3.8, 4) is 0 Å². The SMILES string of the molecule is CC(C)CCCCCOC(=O)CCCCCCCCC(=O)OCCCCCC(C)C. The lowest BCUT2D eigenvalue weighted by Gasteiger charge is -2.07. The highest BCUT2D eigenvalue weighted by atomic mass is 16.5. The minimum atomic E-state index is -0.0502. The second-order valence-corrected chi connectivity index (χ2v) is 9.55. The third kappa shape index (κ3) is 23.2. The first-order valence-corrected chi connectivity index (χ1v) is 12.7. The van der Waals surface area contributed by atoms with Gasteiger partial charge in [0.05, 0.1) is 13.2 Å². The fourth-order valence-electron chi connectivity index (χ4n) is 3.42. The Morgan fingerprint density at radius 3 is 1.20 bits per heavy atom. The number of carbonyl (C=O) groups is 2. The largest absolute Gasteiger partial charge is 0.466 e. The van der Waals surface area contributed by atoms with Crippen molar-refractivity contribution in [2.24, 2.45) is 11.8 Å². The molecule has 4 heteroatoms. The predicted octanol–water partition coefficient (Wildman–Crippen LogP) is 7.63. The Morgan fingerprint density at radius 1 is 0.500 bits per heavy atom.